The molecule has 102 valence electrons. The number of carbonyl (C=O) groups is 2. The van der Waals surface area contributed by atoms with Gasteiger partial charge in [-0.15, -0.1) is 0 Å². The van der Waals surface area contributed by atoms with Crippen LogP contribution in [0.3, 0.4) is 0 Å². The molecular formula is C14H18N2O3. The minimum Gasteiger partial charge on any atom is -0.481 e. The Balaban J connectivity index is 2.40. The van der Waals surface area contributed by atoms with E-state index < -0.39 is 17.9 Å². The normalized spacial score (nSPS) is 23.5. The molecule has 1 saturated heterocycles. The van der Waals surface area contributed by atoms with E-state index in [0.29, 0.717) is 25.1 Å². The second-order valence-electron chi connectivity index (χ2n) is 4.87. The molecule has 2 heterocycles. The molecule has 2 atom stereocenters. The van der Waals surface area contributed by atoms with Crippen LogP contribution in [0.15, 0.2) is 18.3 Å². The highest BCUT2D eigenvalue weighted by Crippen LogP contribution is 2.35. The lowest BCUT2D eigenvalue weighted by atomic mass is 9.86. The minimum absolute atomic E-state index is 0.00683. The Hall–Kier alpha value is -1.91. The third-order valence-electron chi connectivity index (χ3n) is 3.60. The Bertz CT molecular complexity index is 482. The average molecular weight is 262 g/mol. The van der Waals surface area contributed by atoms with Crippen molar-refractivity contribution < 1.29 is 14.7 Å². The highest BCUT2D eigenvalue weighted by molar-refractivity contribution is 5.81. The number of piperidine rings is 1. The van der Waals surface area contributed by atoms with Gasteiger partial charge in [0.15, 0.2) is 0 Å². The van der Waals surface area contributed by atoms with Gasteiger partial charge in [0, 0.05) is 19.2 Å². The average Bonchev–Trinajstić information content (AvgIpc) is 2.39. The van der Waals surface area contributed by atoms with E-state index in [1.807, 2.05) is 26.0 Å². The molecule has 1 aliphatic heterocycles. The molecule has 1 amide bonds. The van der Waals surface area contributed by atoms with Gasteiger partial charge in [-0.3, -0.25) is 14.6 Å². The van der Waals surface area contributed by atoms with Crippen molar-refractivity contribution in [2.45, 2.75) is 32.7 Å². The first kappa shape index (κ1) is 13.5. The first-order valence-electron chi connectivity index (χ1n) is 6.49. The Kier molecular flexibility index (Phi) is 3.83. The van der Waals surface area contributed by atoms with Crippen molar-refractivity contribution in [2.75, 3.05) is 6.54 Å². The van der Waals surface area contributed by atoms with Gasteiger partial charge < -0.3 is 10.0 Å². The van der Waals surface area contributed by atoms with E-state index in [0.717, 1.165) is 5.56 Å². The molecule has 1 aromatic heterocycles. The smallest absolute Gasteiger partial charge is 0.309 e. The Morgan fingerprint density at radius 3 is 2.79 bits per heavy atom. The molecule has 19 heavy (non-hydrogen) atoms. The van der Waals surface area contributed by atoms with E-state index in [1.165, 1.54) is 0 Å². The van der Waals surface area contributed by atoms with Crippen molar-refractivity contribution in [3.63, 3.8) is 0 Å². The molecule has 0 bridgehead atoms. The Morgan fingerprint density at radius 1 is 1.53 bits per heavy atom. The summed E-state index contributed by atoms with van der Waals surface area (Å²) in [6.07, 6.45) is 2.39. The number of carboxylic acids is 1. The number of carbonyl (C=O) groups excluding carboxylic acids is 1. The fraction of sp³-hybridized carbons (Fsp3) is 0.500. The van der Waals surface area contributed by atoms with E-state index in [1.54, 1.807) is 11.1 Å². The summed E-state index contributed by atoms with van der Waals surface area (Å²) >= 11 is 0. The largest absolute Gasteiger partial charge is 0.481 e. The molecule has 0 aromatic carbocycles. The zero-order valence-electron chi connectivity index (χ0n) is 11.2. The summed E-state index contributed by atoms with van der Waals surface area (Å²) in [7, 11) is 0. The van der Waals surface area contributed by atoms with Crippen molar-refractivity contribution >= 4 is 11.9 Å². The molecule has 1 aliphatic rings. The van der Waals surface area contributed by atoms with Gasteiger partial charge in [0.25, 0.3) is 0 Å². The summed E-state index contributed by atoms with van der Waals surface area (Å²) in [6, 6.07) is 3.26. The number of carboxylic acid groups (broad SMARTS) is 1. The van der Waals surface area contributed by atoms with Gasteiger partial charge in [0.2, 0.25) is 5.91 Å². The topological polar surface area (TPSA) is 70.5 Å². The van der Waals surface area contributed by atoms with Gasteiger partial charge in [0.1, 0.15) is 0 Å². The van der Waals surface area contributed by atoms with Crippen molar-refractivity contribution in [1.29, 1.82) is 0 Å². The van der Waals surface area contributed by atoms with Gasteiger partial charge in [-0.05, 0) is 31.9 Å². The van der Waals surface area contributed by atoms with E-state index >= 15 is 0 Å². The van der Waals surface area contributed by atoms with Crippen molar-refractivity contribution in [3.8, 4) is 0 Å². The van der Waals surface area contributed by atoms with Crippen LogP contribution in [0.4, 0.5) is 0 Å². The van der Waals surface area contributed by atoms with Crippen LogP contribution in [0.2, 0.25) is 0 Å². The third kappa shape index (κ3) is 2.59. The Morgan fingerprint density at radius 2 is 2.26 bits per heavy atom. The summed E-state index contributed by atoms with van der Waals surface area (Å²) in [5.41, 5.74) is 1.67. The van der Waals surface area contributed by atoms with Gasteiger partial charge in [-0.1, -0.05) is 6.07 Å². The number of aromatic nitrogens is 1. The highest BCUT2D eigenvalue weighted by atomic mass is 16.4. The van der Waals surface area contributed by atoms with Crippen molar-refractivity contribution in [3.05, 3.63) is 29.6 Å². The van der Waals surface area contributed by atoms with Crippen LogP contribution < -0.4 is 0 Å². The molecule has 2 unspecified atom stereocenters. The van der Waals surface area contributed by atoms with Crippen LogP contribution in [0.5, 0.6) is 0 Å². The van der Waals surface area contributed by atoms with Gasteiger partial charge >= 0.3 is 5.97 Å². The number of aryl methyl sites for hydroxylation is 1. The molecule has 0 spiro atoms. The number of hydrogen-bond donors (Lipinski definition) is 1. The van der Waals surface area contributed by atoms with Crippen LogP contribution in [-0.2, 0) is 9.59 Å². The fourth-order valence-corrected chi connectivity index (χ4v) is 2.60. The lowest BCUT2D eigenvalue weighted by Gasteiger charge is -2.38. The second-order valence-corrected chi connectivity index (χ2v) is 4.87. The van der Waals surface area contributed by atoms with Crippen LogP contribution in [0, 0.1) is 12.8 Å². The summed E-state index contributed by atoms with van der Waals surface area (Å²) in [6.45, 7) is 4.29. The van der Waals surface area contributed by atoms with Gasteiger partial charge in [-0.25, -0.2) is 0 Å². The number of likely N-dealkylation sites (tertiary alicyclic amines) is 1. The predicted octanol–water partition coefficient (Wildman–Crippen LogP) is 1.77. The third-order valence-corrected chi connectivity index (χ3v) is 3.60. The zero-order chi connectivity index (χ0) is 14.0. The second kappa shape index (κ2) is 5.38. The van der Waals surface area contributed by atoms with Crippen LogP contribution >= 0.6 is 0 Å². The maximum absolute atomic E-state index is 11.9. The van der Waals surface area contributed by atoms with E-state index in [4.69, 9.17) is 0 Å². The molecule has 5 heteroatoms. The standard InChI is InChI=1S/C14H18N2O3/c1-3-16-12(17)7-5-10(14(18)19)13(16)11-6-4-9(2)8-15-11/h4,6,8,10,13H,3,5,7H2,1-2H3,(H,18,19). The highest BCUT2D eigenvalue weighted by Gasteiger charge is 2.40. The minimum atomic E-state index is -0.863. The lowest BCUT2D eigenvalue weighted by Crippen LogP contribution is -2.45. The first-order valence-corrected chi connectivity index (χ1v) is 6.49. The van der Waals surface area contributed by atoms with Crippen molar-refractivity contribution in [1.82, 2.24) is 9.88 Å². The molecule has 0 saturated carbocycles. The number of amides is 1. The van der Waals surface area contributed by atoms with Gasteiger partial charge in [-0.2, -0.15) is 0 Å². The van der Waals surface area contributed by atoms with E-state index in [-0.39, 0.29) is 5.91 Å². The molecule has 1 aromatic rings. The maximum atomic E-state index is 11.9. The molecule has 0 aliphatic carbocycles. The van der Waals surface area contributed by atoms with E-state index in [9.17, 15) is 14.7 Å². The number of rotatable bonds is 3. The van der Waals surface area contributed by atoms with Crippen molar-refractivity contribution in [2.24, 2.45) is 5.92 Å². The monoisotopic (exact) mass is 262 g/mol. The summed E-state index contributed by atoms with van der Waals surface area (Å²) in [5, 5.41) is 9.36. The Labute approximate surface area is 112 Å². The quantitative estimate of drug-likeness (QED) is 0.901. The van der Waals surface area contributed by atoms with Gasteiger partial charge in [0.05, 0.1) is 17.7 Å². The van der Waals surface area contributed by atoms with Crippen LogP contribution in [-0.4, -0.2) is 33.4 Å². The maximum Gasteiger partial charge on any atom is 0.309 e. The summed E-state index contributed by atoms with van der Waals surface area (Å²) in [4.78, 5) is 29.3. The lowest BCUT2D eigenvalue weighted by molar-refractivity contribution is -0.152. The molecule has 2 rings (SSSR count). The first-order chi connectivity index (χ1) is 9.04. The number of pyridine rings is 1. The number of hydrogen-bond acceptors (Lipinski definition) is 3. The number of aliphatic carboxylic acids is 1. The van der Waals surface area contributed by atoms with E-state index in [2.05, 4.69) is 4.98 Å². The zero-order valence-corrected chi connectivity index (χ0v) is 11.2. The van der Waals surface area contributed by atoms with Crippen LogP contribution in [0.1, 0.15) is 37.1 Å². The SMILES string of the molecule is CCN1C(=O)CCC(C(=O)O)C1c1ccc(C)cn1. The summed E-state index contributed by atoms with van der Waals surface area (Å²) in [5.74, 6) is -1.43. The molecule has 0 radical (unpaired) electrons. The number of nitrogens with zero attached hydrogens (tertiary/aromatic N) is 2. The molecular weight excluding hydrogens is 244 g/mol. The fourth-order valence-electron chi connectivity index (χ4n) is 2.60. The summed E-state index contributed by atoms with van der Waals surface area (Å²) < 4.78 is 0. The van der Waals surface area contributed by atoms with Crippen LogP contribution in [0.25, 0.3) is 0 Å². The molecule has 5 nitrogen and oxygen atoms in total. The molecule has 1 N–H and O–H groups in total. The predicted molar refractivity (Wildman–Crippen MR) is 69.5 cm³/mol. The molecule has 1 fully saturated rings.